The molecular weight excluding hydrogens is 239 g/mol. The van der Waals surface area contributed by atoms with Gasteiger partial charge in [-0.05, 0) is 29.9 Å². The molecule has 1 aromatic rings. The van der Waals surface area contributed by atoms with Crippen molar-refractivity contribution in [2.75, 3.05) is 13.2 Å². The van der Waals surface area contributed by atoms with Gasteiger partial charge >= 0.3 is 0 Å². The predicted molar refractivity (Wildman–Crippen MR) is 69.3 cm³/mol. The van der Waals surface area contributed by atoms with E-state index in [1.807, 2.05) is 6.08 Å². The molecule has 0 amide bonds. The van der Waals surface area contributed by atoms with Crippen molar-refractivity contribution >= 4 is 22.9 Å². The predicted octanol–water partition coefficient (Wildman–Crippen LogP) is 1.82. The van der Waals surface area contributed by atoms with Gasteiger partial charge in [0.1, 0.15) is 11.6 Å². The Kier molecular flexibility index (Phi) is 3.58. The van der Waals surface area contributed by atoms with Crippen molar-refractivity contribution in [3.8, 4) is 5.75 Å². The van der Waals surface area contributed by atoms with Crippen molar-refractivity contribution < 1.29 is 9.13 Å². The maximum Gasteiger partial charge on any atom is 0.163 e. The molecule has 0 fully saturated rings. The van der Waals surface area contributed by atoms with Gasteiger partial charge in [-0.15, -0.1) is 0 Å². The average Bonchev–Trinajstić information content (AvgIpc) is 2.28. The fourth-order valence-corrected chi connectivity index (χ4v) is 1.86. The minimum atomic E-state index is -0.286. The number of fused-ring (bicyclic) bond motifs is 1. The monoisotopic (exact) mass is 252 g/mol. The summed E-state index contributed by atoms with van der Waals surface area (Å²) in [5.41, 5.74) is 7.39. The molecule has 17 heavy (non-hydrogen) atoms. The third kappa shape index (κ3) is 2.94. The first kappa shape index (κ1) is 11.9. The summed E-state index contributed by atoms with van der Waals surface area (Å²) < 4.78 is 18.4. The molecular formula is C12H13FN2OS. The number of hydrogen-bond donors (Lipinski definition) is 2. The molecule has 1 aliphatic rings. The first-order valence-corrected chi connectivity index (χ1v) is 5.72. The van der Waals surface area contributed by atoms with E-state index >= 15 is 0 Å². The fourth-order valence-electron chi connectivity index (χ4n) is 1.77. The Balaban J connectivity index is 2.19. The zero-order valence-electron chi connectivity index (χ0n) is 9.20. The van der Waals surface area contributed by atoms with Gasteiger partial charge in [0, 0.05) is 24.6 Å². The van der Waals surface area contributed by atoms with Crippen LogP contribution in [0.25, 0.3) is 5.57 Å². The molecule has 0 aliphatic carbocycles. The lowest BCUT2D eigenvalue weighted by molar-refractivity contribution is 0.314. The van der Waals surface area contributed by atoms with Gasteiger partial charge in [0.25, 0.3) is 0 Å². The molecule has 0 aromatic heterocycles. The highest BCUT2D eigenvalue weighted by atomic mass is 32.1. The van der Waals surface area contributed by atoms with E-state index in [2.05, 4.69) is 5.32 Å². The van der Waals surface area contributed by atoms with E-state index < -0.39 is 0 Å². The van der Waals surface area contributed by atoms with Gasteiger partial charge in [-0.2, -0.15) is 0 Å². The number of hydrogen-bond acceptors (Lipinski definition) is 2. The molecule has 3 N–H and O–H groups in total. The Labute approximate surface area is 104 Å². The second kappa shape index (κ2) is 5.14. The molecule has 1 heterocycles. The summed E-state index contributed by atoms with van der Waals surface area (Å²) in [6.07, 6.45) is 2.80. The van der Waals surface area contributed by atoms with E-state index in [0.29, 0.717) is 18.9 Å². The number of thiocarbonyl (C=S) groups is 1. The molecule has 0 radical (unpaired) electrons. The van der Waals surface area contributed by atoms with Crippen LogP contribution >= 0.6 is 12.2 Å². The van der Waals surface area contributed by atoms with E-state index in [-0.39, 0.29) is 10.9 Å². The summed E-state index contributed by atoms with van der Waals surface area (Å²) in [4.78, 5) is 0. The summed E-state index contributed by atoms with van der Waals surface area (Å²) in [5.74, 6) is 0.309. The molecule has 3 nitrogen and oxygen atoms in total. The zero-order chi connectivity index (χ0) is 12.3. The van der Waals surface area contributed by atoms with Crippen molar-refractivity contribution in [1.29, 1.82) is 0 Å². The zero-order valence-corrected chi connectivity index (χ0v) is 10.0. The van der Waals surface area contributed by atoms with Crippen LogP contribution in [-0.4, -0.2) is 18.3 Å². The Hall–Kier alpha value is -1.62. The van der Waals surface area contributed by atoms with Crippen molar-refractivity contribution in [3.63, 3.8) is 0 Å². The Bertz CT molecular complexity index is 474. The van der Waals surface area contributed by atoms with E-state index in [4.69, 9.17) is 22.7 Å². The second-order valence-corrected chi connectivity index (χ2v) is 4.15. The van der Waals surface area contributed by atoms with Gasteiger partial charge in [-0.3, -0.25) is 0 Å². The highest BCUT2D eigenvalue weighted by Crippen LogP contribution is 2.32. The summed E-state index contributed by atoms with van der Waals surface area (Å²) in [6, 6.07) is 4.57. The van der Waals surface area contributed by atoms with Crippen LogP contribution in [-0.2, 0) is 0 Å². The average molecular weight is 252 g/mol. The molecule has 90 valence electrons. The number of ether oxygens (including phenoxy) is 1. The molecule has 1 aliphatic heterocycles. The summed E-state index contributed by atoms with van der Waals surface area (Å²) >= 11 is 4.72. The lowest BCUT2D eigenvalue weighted by Gasteiger charge is -2.20. The van der Waals surface area contributed by atoms with Crippen LogP contribution in [0.15, 0.2) is 24.3 Å². The molecule has 2 rings (SSSR count). The normalized spacial score (nSPS) is 16.2. The lowest BCUT2D eigenvalue weighted by atomic mass is 9.99. The van der Waals surface area contributed by atoms with Crippen LogP contribution in [0, 0.1) is 5.82 Å². The van der Waals surface area contributed by atoms with Crippen LogP contribution < -0.4 is 15.8 Å². The maximum absolute atomic E-state index is 13.0. The fraction of sp³-hybridized carbons (Fsp3) is 0.250. The van der Waals surface area contributed by atoms with E-state index in [9.17, 15) is 4.39 Å². The number of benzene rings is 1. The first-order valence-electron chi connectivity index (χ1n) is 5.32. The third-order valence-corrected chi connectivity index (χ3v) is 2.69. The van der Waals surface area contributed by atoms with Crippen molar-refractivity contribution in [1.82, 2.24) is 5.32 Å². The van der Waals surface area contributed by atoms with Crippen LogP contribution in [0.2, 0.25) is 0 Å². The molecule has 5 heteroatoms. The standard InChI is InChI=1S/C12H13FN2OS/c13-9-1-2-10-8(3-5-15-12(14)17)4-6-16-11(10)7-9/h1-3,7H,4-6H2,(H3,14,15,17)/b8-3+. The summed E-state index contributed by atoms with van der Waals surface area (Å²) in [7, 11) is 0. The van der Waals surface area contributed by atoms with Crippen molar-refractivity contribution in [2.24, 2.45) is 5.73 Å². The molecule has 0 saturated heterocycles. The second-order valence-electron chi connectivity index (χ2n) is 3.71. The summed E-state index contributed by atoms with van der Waals surface area (Å²) in [6.45, 7) is 1.14. The minimum Gasteiger partial charge on any atom is -0.493 e. The highest BCUT2D eigenvalue weighted by molar-refractivity contribution is 7.80. The Morgan fingerprint density at radius 3 is 3.18 bits per heavy atom. The van der Waals surface area contributed by atoms with Crippen LogP contribution in [0.5, 0.6) is 5.75 Å². The molecule has 0 spiro atoms. The van der Waals surface area contributed by atoms with Crippen LogP contribution in [0.3, 0.4) is 0 Å². The number of nitrogens with two attached hydrogens (primary N) is 1. The molecule has 0 atom stereocenters. The van der Waals surface area contributed by atoms with Crippen molar-refractivity contribution in [3.05, 3.63) is 35.7 Å². The largest absolute Gasteiger partial charge is 0.493 e. The quantitative estimate of drug-likeness (QED) is 0.788. The molecule has 0 bridgehead atoms. The first-order chi connectivity index (χ1) is 8.16. The molecule has 0 unspecified atom stereocenters. The number of halogens is 1. The van der Waals surface area contributed by atoms with Gasteiger partial charge in [0.15, 0.2) is 5.11 Å². The minimum absolute atomic E-state index is 0.272. The van der Waals surface area contributed by atoms with E-state index in [1.54, 1.807) is 6.07 Å². The SMILES string of the molecule is NC(=S)NC/C=C1\CCOc2cc(F)ccc21. The molecule has 1 aromatic carbocycles. The van der Waals surface area contributed by atoms with Gasteiger partial charge in [-0.1, -0.05) is 6.08 Å². The lowest BCUT2D eigenvalue weighted by Crippen LogP contribution is -2.29. The summed E-state index contributed by atoms with van der Waals surface area (Å²) in [5, 5.41) is 3.12. The van der Waals surface area contributed by atoms with Crippen LogP contribution in [0.1, 0.15) is 12.0 Å². The van der Waals surface area contributed by atoms with Gasteiger partial charge in [0.2, 0.25) is 0 Å². The van der Waals surface area contributed by atoms with E-state index in [0.717, 1.165) is 17.6 Å². The van der Waals surface area contributed by atoms with E-state index in [1.165, 1.54) is 12.1 Å². The Morgan fingerprint density at radius 1 is 1.59 bits per heavy atom. The third-order valence-electron chi connectivity index (χ3n) is 2.54. The van der Waals surface area contributed by atoms with Gasteiger partial charge < -0.3 is 15.8 Å². The van der Waals surface area contributed by atoms with Crippen LogP contribution in [0.4, 0.5) is 4.39 Å². The highest BCUT2D eigenvalue weighted by Gasteiger charge is 2.15. The van der Waals surface area contributed by atoms with Crippen molar-refractivity contribution in [2.45, 2.75) is 6.42 Å². The van der Waals surface area contributed by atoms with Gasteiger partial charge in [-0.25, -0.2) is 4.39 Å². The maximum atomic E-state index is 13.0. The molecule has 0 saturated carbocycles. The Morgan fingerprint density at radius 2 is 2.41 bits per heavy atom. The topological polar surface area (TPSA) is 47.3 Å². The van der Waals surface area contributed by atoms with Gasteiger partial charge in [0.05, 0.1) is 6.61 Å². The number of rotatable bonds is 2. The smallest absolute Gasteiger partial charge is 0.163 e. The number of nitrogens with one attached hydrogen (secondary N) is 1.